The molecule has 0 amide bonds. The number of nitrogens with zero attached hydrogens (tertiary/aromatic N) is 1. The SMILES string of the molecule is O=S(O)c1nc2ccccc2o1.[NaH]. The van der Waals surface area contributed by atoms with Crippen molar-refractivity contribution in [3.63, 3.8) is 0 Å². The number of fused-ring (bicyclic) bond motifs is 1. The first kappa shape index (κ1) is 10.9. The Hall–Kier alpha value is -0.200. The van der Waals surface area contributed by atoms with Gasteiger partial charge >= 0.3 is 34.8 Å². The van der Waals surface area contributed by atoms with Crippen molar-refractivity contribution in [2.75, 3.05) is 0 Å². The summed E-state index contributed by atoms with van der Waals surface area (Å²) in [5.41, 5.74) is 1.12. The molecule has 6 heteroatoms. The van der Waals surface area contributed by atoms with Crippen molar-refractivity contribution in [2.45, 2.75) is 5.22 Å². The Bertz CT molecular complexity index is 409. The van der Waals surface area contributed by atoms with Crippen molar-refractivity contribution in [3.05, 3.63) is 24.3 Å². The van der Waals surface area contributed by atoms with Gasteiger partial charge in [0, 0.05) is 0 Å². The first-order valence-electron chi connectivity index (χ1n) is 3.24. The summed E-state index contributed by atoms with van der Waals surface area (Å²) in [6.07, 6.45) is 0. The molecule has 1 atom stereocenters. The number of aromatic nitrogens is 1. The molecule has 0 radical (unpaired) electrons. The summed E-state index contributed by atoms with van der Waals surface area (Å²) in [5, 5.41) is -0.156. The van der Waals surface area contributed by atoms with E-state index < -0.39 is 11.1 Å². The fourth-order valence-corrected chi connectivity index (χ4v) is 1.26. The Morgan fingerprint density at radius 1 is 1.38 bits per heavy atom. The molecule has 0 aliphatic heterocycles. The van der Waals surface area contributed by atoms with Crippen molar-refractivity contribution >= 4 is 51.7 Å². The number of para-hydroxylation sites is 2. The third-order valence-corrected chi connectivity index (χ3v) is 1.90. The Balaban J connectivity index is 0.000000845. The van der Waals surface area contributed by atoms with E-state index in [9.17, 15) is 4.21 Å². The zero-order chi connectivity index (χ0) is 8.55. The van der Waals surface area contributed by atoms with Crippen molar-refractivity contribution in [2.24, 2.45) is 0 Å². The van der Waals surface area contributed by atoms with Gasteiger partial charge in [-0.2, -0.15) is 4.98 Å². The Morgan fingerprint density at radius 2 is 2.08 bits per heavy atom. The molecule has 1 aromatic heterocycles. The van der Waals surface area contributed by atoms with Gasteiger partial charge in [-0.1, -0.05) is 12.1 Å². The fraction of sp³-hybridized carbons (Fsp3) is 0. The summed E-state index contributed by atoms with van der Waals surface area (Å²) < 4.78 is 24.1. The van der Waals surface area contributed by atoms with E-state index in [1.807, 2.05) is 0 Å². The normalized spacial score (nSPS) is 12.4. The number of benzene rings is 1. The third kappa shape index (κ3) is 2.18. The minimum absolute atomic E-state index is 0. The summed E-state index contributed by atoms with van der Waals surface area (Å²) in [6.45, 7) is 0. The predicted molar refractivity (Wildman–Crippen MR) is 50.2 cm³/mol. The molecule has 1 heterocycles. The quantitative estimate of drug-likeness (QED) is 0.554. The van der Waals surface area contributed by atoms with Gasteiger partial charge in [0.15, 0.2) is 5.58 Å². The van der Waals surface area contributed by atoms with Crippen molar-refractivity contribution in [1.29, 1.82) is 0 Å². The summed E-state index contributed by atoms with van der Waals surface area (Å²) in [6, 6.07) is 6.97. The van der Waals surface area contributed by atoms with E-state index >= 15 is 0 Å². The van der Waals surface area contributed by atoms with Crippen LogP contribution in [0.1, 0.15) is 0 Å². The monoisotopic (exact) mass is 207 g/mol. The first-order chi connectivity index (χ1) is 5.77. The van der Waals surface area contributed by atoms with Crippen LogP contribution in [0.2, 0.25) is 0 Å². The molecule has 2 aromatic rings. The molecule has 1 N–H and O–H groups in total. The zero-order valence-corrected chi connectivity index (χ0v) is 6.75. The van der Waals surface area contributed by atoms with Gasteiger partial charge in [0.1, 0.15) is 5.52 Å². The van der Waals surface area contributed by atoms with Crippen LogP contribution in [0.15, 0.2) is 33.9 Å². The van der Waals surface area contributed by atoms with E-state index in [0.717, 1.165) is 0 Å². The van der Waals surface area contributed by atoms with Crippen LogP contribution in [0.5, 0.6) is 0 Å². The number of rotatable bonds is 1. The molecule has 64 valence electrons. The second-order valence-electron chi connectivity index (χ2n) is 2.20. The van der Waals surface area contributed by atoms with Gasteiger partial charge in [-0.3, -0.25) is 4.55 Å². The van der Waals surface area contributed by atoms with E-state index in [-0.39, 0.29) is 34.8 Å². The molecule has 0 saturated carbocycles. The average molecular weight is 207 g/mol. The van der Waals surface area contributed by atoms with Gasteiger partial charge < -0.3 is 4.42 Å². The molecule has 13 heavy (non-hydrogen) atoms. The summed E-state index contributed by atoms with van der Waals surface area (Å²) in [5.74, 6) is 0. The molecule has 1 unspecified atom stereocenters. The summed E-state index contributed by atoms with van der Waals surface area (Å²) in [4.78, 5) is 3.80. The first-order valence-corrected chi connectivity index (χ1v) is 4.34. The standard InChI is InChI=1S/C7H5NO3S.Na.H/c9-12(10)7-8-5-3-1-2-4-6(5)11-7;;/h1-4H,(H,9,10);;. The molecule has 0 fully saturated rings. The Labute approximate surface area is 98.9 Å². The van der Waals surface area contributed by atoms with E-state index in [4.69, 9.17) is 8.97 Å². The van der Waals surface area contributed by atoms with Crippen LogP contribution in [0.4, 0.5) is 0 Å². The zero-order valence-electron chi connectivity index (χ0n) is 5.93. The van der Waals surface area contributed by atoms with Gasteiger partial charge in [-0.15, -0.1) is 0 Å². The fourth-order valence-electron chi connectivity index (χ4n) is 0.926. The summed E-state index contributed by atoms with van der Waals surface area (Å²) >= 11 is -2.14. The van der Waals surface area contributed by atoms with Crippen molar-refractivity contribution < 1.29 is 13.2 Å². The Morgan fingerprint density at radius 3 is 2.69 bits per heavy atom. The third-order valence-electron chi connectivity index (χ3n) is 1.42. The second-order valence-corrected chi connectivity index (χ2v) is 3.04. The van der Waals surface area contributed by atoms with Crippen molar-refractivity contribution in [1.82, 2.24) is 4.98 Å². The van der Waals surface area contributed by atoms with Crippen LogP contribution in [0, 0.1) is 0 Å². The van der Waals surface area contributed by atoms with Gasteiger partial charge in [0.05, 0.1) is 0 Å². The molecule has 0 spiro atoms. The van der Waals surface area contributed by atoms with Crippen LogP contribution in [-0.4, -0.2) is 43.3 Å². The molecule has 2 rings (SSSR count). The van der Waals surface area contributed by atoms with Crippen molar-refractivity contribution in [3.8, 4) is 0 Å². The van der Waals surface area contributed by atoms with E-state index in [0.29, 0.717) is 11.1 Å². The molecule has 0 bridgehead atoms. The van der Waals surface area contributed by atoms with Crippen LogP contribution in [-0.2, 0) is 11.1 Å². The second kappa shape index (κ2) is 4.34. The van der Waals surface area contributed by atoms with Gasteiger partial charge in [0.25, 0.3) is 0 Å². The number of oxazole rings is 1. The molecular formula is C7H6NNaO3S. The maximum atomic E-state index is 10.5. The molecule has 0 aliphatic rings. The van der Waals surface area contributed by atoms with Crippen LogP contribution >= 0.6 is 0 Å². The van der Waals surface area contributed by atoms with Gasteiger partial charge in [0.2, 0.25) is 11.1 Å². The van der Waals surface area contributed by atoms with Gasteiger partial charge in [-0.25, -0.2) is 4.21 Å². The van der Waals surface area contributed by atoms with Crippen LogP contribution in [0.25, 0.3) is 11.1 Å². The predicted octanol–water partition coefficient (Wildman–Crippen LogP) is 0.760. The molecular weight excluding hydrogens is 201 g/mol. The maximum absolute atomic E-state index is 10.5. The van der Waals surface area contributed by atoms with E-state index in [2.05, 4.69) is 4.98 Å². The minimum atomic E-state index is -2.14. The molecule has 0 saturated heterocycles. The average Bonchev–Trinajstić information content (AvgIpc) is 2.46. The van der Waals surface area contributed by atoms with E-state index in [1.165, 1.54) is 0 Å². The van der Waals surface area contributed by atoms with E-state index in [1.54, 1.807) is 24.3 Å². The topological polar surface area (TPSA) is 63.3 Å². The number of hydrogen-bond donors (Lipinski definition) is 1. The molecule has 0 aliphatic carbocycles. The van der Waals surface area contributed by atoms with Gasteiger partial charge in [-0.05, 0) is 12.1 Å². The van der Waals surface area contributed by atoms with Crippen LogP contribution in [0.3, 0.4) is 0 Å². The number of hydrogen-bond acceptors (Lipinski definition) is 3. The summed E-state index contributed by atoms with van der Waals surface area (Å²) in [7, 11) is 0. The molecule has 1 aromatic carbocycles. The molecule has 4 nitrogen and oxygen atoms in total. The van der Waals surface area contributed by atoms with Crippen LogP contribution < -0.4 is 0 Å². The Kier molecular flexibility index (Phi) is 3.63.